The molecule has 28 heavy (non-hydrogen) atoms. The summed E-state index contributed by atoms with van der Waals surface area (Å²) in [5.41, 5.74) is 2.26. The number of aromatic nitrogens is 2. The first-order valence-electron chi connectivity index (χ1n) is 8.53. The van der Waals surface area contributed by atoms with Gasteiger partial charge in [0, 0.05) is 15.4 Å². The number of aryl methyl sites for hydroxylation is 1. The summed E-state index contributed by atoms with van der Waals surface area (Å²) in [4.78, 5) is 26.0. The van der Waals surface area contributed by atoms with Crippen LogP contribution in [0.4, 0.5) is 0 Å². The number of Topliss-reactive ketones (excluding diaryl/α,β-unsaturated/α-hetero) is 1. The molecular weight excluding hydrogens is 440 g/mol. The zero-order chi connectivity index (χ0) is 19.7. The first-order chi connectivity index (χ1) is 13.5. The fourth-order valence-corrected chi connectivity index (χ4v) is 4.15. The topological polar surface area (TPSA) is 61.2 Å². The summed E-state index contributed by atoms with van der Waals surface area (Å²) in [6, 6.07) is 18.4. The number of esters is 1. The molecule has 0 fully saturated rings. The Bertz CT molecular complexity index is 1160. The Labute approximate surface area is 173 Å². The third kappa shape index (κ3) is 3.63. The highest BCUT2D eigenvalue weighted by atomic mass is 79.9. The average Bonchev–Trinajstić information content (AvgIpc) is 3.28. The molecule has 0 saturated heterocycles. The average molecular weight is 455 g/mol. The van der Waals surface area contributed by atoms with Gasteiger partial charge >= 0.3 is 5.97 Å². The van der Waals surface area contributed by atoms with Crippen LogP contribution in [0.2, 0.25) is 0 Å². The van der Waals surface area contributed by atoms with E-state index in [1.807, 2.05) is 41.9 Å². The van der Waals surface area contributed by atoms with Crippen LogP contribution >= 0.6 is 27.3 Å². The lowest BCUT2D eigenvalue weighted by Gasteiger charge is -2.03. The van der Waals surface area contributed by atoms with Crippen LogP contribution in [-0.4, -0.2) is 28.1 Å². The van der Waals surface area contributed by atoms with E-state index >= 15 is 0 Å². The molecule has 0 aliphatic rings. The fraction of sp³-hybridized carbons (Fsp3) is 0.0952. The molecule has 140 valence electrons. The van der Waals surface area contributed by atoms with Gasteiger partial charge in [0.25, 0.3) is 0 Å². The molecule has 0 atom stereocenters. The van der Waals surface area contributed by atoms with E-state index in [2.05, 4.69) is 21.0 Å². The number of ether oxygens (including phenoxy) is 1. The van der Waals surface area contributed by atoms with Gasteiger partial charge < -0.3 is 4.74 Å². The number of carbonyl (C=O) groups is 2. The summed E-state index contributed by atoms with van der Waals surface area (Å²) >= 11 is 4.63. The molecule has 4 rings (SSSR count). The summed E-state index contributed by atoms with van der Waals surface area (Å²) in [5.74, 6) is -0.751. The highest BCUT2D eigenvalue weighted by Gasteiger charge is 2.19. The summed E-state index contributed by atoms with van der Waals surface area (Å²) in [6.45, 7) is 1.61. The zero-order valence-electron chi connectivity index (χ0n) is 14.9. The van der Waals surface area contributed by atoms with Crippen molar-refractivity contribution in [2.75, 3.05) is 6.61 Å². The Kier molecular flexibility index (Phi) is 5.11. The summed E-state index contributed by atoms with van der Waals surface area (Å²) < 4.78 is 7.94. The maximum absolute atomic E-state index is 12.5. The van der Waals surface area contributed by atoms with Crippen LogP contribution in [0, 0.1) is 6.92 Å². The van der Waals surface area contributed by atoms with Crippen molar-refractivity contribution in [1.82, 2.24) is 9.78 Å². The summed E-state index contributed by atoms with van der Waals surface area (Å²) in [5, 5.41) is 5.46. The third-order valence-corrected chi connectivity index (χ3v) is 5.87. The van der Waals surface area contributed by atoms with E-state index in [4.69, 9.17) is 4.74 Å². The Hall–Kier alpha value is -2.77. The highest BCUT2D eigenvalue weighted by Crippen LogP contribution is 2.30. The third-order valence-electron chi connectivity index (χ3n) is 4.25. The SMILES string of the molecule is Cc1nn(-c2ccccc2)c2sc(C(=O)OCC(=O)c3ccc(Br)cc3)cc12. The Morgan fingerprint density at radius 2 is 1.82 bits per heavy atom. The second-order valence-electron chi connectivity index (χ2n) is 6.17. The fourth-order valence-electron chi connectivity index (χ4n) is 2.81. The number of carbonyl (C=O) groups excluding carboxylic acids is 2. The van der Waals surface area contributed by atoms with E-state index in [1.54, 1.807) is 30.3 Å². The molecule has 2 aromatic heterocycles. The molecule has 0 bridgehead atoms. The predicted octanol–water partition coefficient (Wildman–Crippen LogP) is 5.20. The molecule has 2 aromatic carbocycles. The van der Waals surface area contributed by atoms with E-state index in [1.165, 1.54) is 11.3 Å². The van der Waals surface area contributed by atoms with Crippen LogP contribution in [0.3, 0.4) is 0 Å². The number of fused-ring (bicyclic) bond motifs is 1. The van der Waals surface area contributed by atoms with Crippen LogP contribution < -0.4 is 0 Å². The first kappa shape index (κ1) is 18.6. The van der Waals surface area contributed by atoms with Gasteiger partial charge in [0.05, 0.1) is 11.4 Å². The van der Waals surface area contributed by atoms with Crippen LogP contribution in [0.5, 0.6) is 0 Å². The zero-order valence-corrected chi connectivity index (χ0v) is 17.3. The van der Waals surface area contributed by atoms with Crippen molar-refractivity contribution < 1.29 is 14.3 Å². The van der Waals surface area contributed by atoms with Gasteiger partial charge in [0.1, 0.15) is 9.71 Å². The number of nitrogens with zero attached hydrogens (tertiary/aromatic N) is 2. The van der Waals surface area contributed by atoms with Gasteiger partial charge in [-0.1, -0.05) is 46.3 Å². The molecule has 5 nitrogen and oxygen atoms in total. The monoisotopic (exact) mass is 454 g/mol. The van der Waals surface area contributed by atoms with Gasteiger partial charge in [-0.05, 0) is 37.3 Å². The normalized spacial score (nSPS) is 10.9. The second-order valence-corrected chi connectivity index (χ2v) is 8.11. The standard InChI is InChI=1S/C21H15BrN2O3S/c1-13-17-11-19(28-20(17)24(23-13)16-5-3-2-4-6-16)21(26)27-12-18(25)14-7-9-15(22)10-8-14/h2-11H,12H2,1H3. The Morgan fingerprint density at radius 1 is 1.11 bits per heavy atom. The number of para-hydroxylation sites is 1. The Morgan fingerprint density at radius 3 is 2.54 bits per heavy atom. The minimum atomic E-state index is -0.509. The van der Waals surface area contributed by atoms with Gasteiger partial charge in [-0.25, -0.2) is 9.48 Å². The molecule has 0 saturated carbocycles. The molecular formula is C21H15BrN2O3S. The minimum absolute atomic E-state index is 0.242. The largest absolute Gasteiger partial charge is 0.453 e. The van der Waals surface area contributed by atoms with Crippen molar-refractivity contribution in [3.05, 3.63) is 81.3 Å². The number of halogens is 1. The first-order valence-corrected chi connectivity index (χ1v) is 10.1. The maximum Gasteiger partial charge on any atom is 0.348 e. The van der Waals surface area contributed by atoms with Crippen LogP contribution in [0.25, 0.3) is 15.9 Å². The molecule has 0 unspecified atom stereocenters. The molecule has 0 aliphatic heterocycles. The number of benzene rings is 2. The predicted molar refractivity (Wildman–Crippen MR) is 112 cm³/mol. The summed E-state index contributed by atoms with van der Waals surface area (Å²) in [7, 11) is 0. The van der Waals surface area contributed by atoms with Crippen molar-refractivity contribution in [1.29, 1.82) is 0 Å². The van der Waals surface area contributed by atoms with E-state index in [0.29, 0.717) is 10.4 Å². The van der Waals surface area contributed by atoms with Crippen molar-refractivity contribution in [2.24, 2.45) is 0 Å². The molecule has 0 N–H and O–H groups in total. The van der Waals surface area contributed by atoms with Crippen molar-refractivity contribution in [2.45, 2.75) is 6.92 Å². The summed E-state index contributed by atoms with van der Waals surface area (Å²) in [6.07, 6.45) is 0. The van der Waals surface area contributed by atoms with Gasteiger partial charge in [0.15, 0.2) is 12.4 Å². The van der Waals surface area contributed by atoms with Crippen molar-refractivity contribution in [3.8, 4) is 5.69 Å². The minimum Gasteiger partial charge on any atom is -0.453 e. The van der Waals surface area contributed by atoms with E-state index < -0.39 is 5.97 Å². The molecule has 0 spiro atoms. The van der Waals surface area contributed by atoms with Crippen molar-refractivity contribution >= 4 is 49.2 Å². The quantitative estimate of drug-likeness (QED) is 0.307. The van der Waals surface area contributed by atoms with Gasteiger partial charge in [-0.15, -0.1) is 11.3 Å². The molecule has 0 radical (unpaired) electrons. The van der Waals surface area contributed by atoms with E-state index in [-0.39, 0.29) is 12.4 Å². The maximum atomic E-state index is 12.5. The molecule has 7 heteroatoms. The Balaban J connectivity index is 1.53. The molecule has 2 heterocycles. The number of ketones is 1. The molecule has 0 aliphatic carbocycles. The van der Waals surface area contributed by atoms with E-state index in [9.17, 15) is 9.59 Å². The van der Waals surface area contributed by atoms with Crippen LogP contribution in [0.15, 0.2) is 65.1 Å². The lowest BCUT2D eigenvalue weighted by Crippen LogP contribution is -2.13. The number of hydrogen-bond acceptors (Lipinski definition) is 5. The van der Waals surface area contributed by atoms with Crippen LogP contribution in [-0.2, 0) is 4.74 Å². The van der Waals surface area contributed by atoms with Crippen LogP contribution in [0.1, 0.15) is 25.7 Å². The van der Waals surface area contributed by atoms with E-state index in [0.717, 1.165) is 26.1 Å². The molecule has 0 amide bonds. The molecule has 4 aromatic rings. The lowest BCUT2D eigenvalue weighted by molar-refractivity contribution is 0.0479. The van der Waals surface area contributed by atoms with Crippen molar-refractivity contribution in [3.63, 3.8) is 0 Å². The van der Waals surface area contributed by atoms with Gasteiger partial charge in [-0.3, -0.25) is 4.79 Å². The number of rotatable bonds is 5. The van der Waals surface area contributed by atoms with Gasteiger partial charge in [0.2, 0.25) is 0 Å². The smallest absolute Gasteiger partial charge is 0.348 e. The van der Waals surface area contributed by atoms with Gasteiger partial charge in [-0.2, -0.15) is 5.10 Å². The lowest BCUT2D eigenvalue weighted by atomic mass is 10.1. The number of hydrogen-bond donors (Lipinski definition) is 0. The number of thiophene rings is 1. The highest BCUT2D eigenvalue weighted by molar-refractivity contribution is 9.10. The second kappa shape index (κ2) is 7.69.